The highest BCUT2D eigenvalue weighted by Crippen LogP contribution is 2.44. The summed E-state index contributed by atoms with van der Waals surface area (Å²) in [5, 5.41) is 13.7. The SMILES string of the molecule is CC1CC2CC(C)C(NC(=O)C(C)(O)NSc3ccc(F)cc3)C(C1)C2. The van der Waals surface area contributed by atoms with Crippen LogP contribution >= 0.6 is 11.9 Å². The summed E-state index contributed by atoms with van der Waals surface area (Å²) in [4.78, 5) is 13.4. The van der Waals surface area contributed by atoms with Crippen LogP contribution in [0.2, 0.25) is 0 Å². The zero-order valence-corrected chi connectivity index (χ0v) is 16.5. The molecule has 3 N–H and O–H groups in total. The minimum Gasteiger partial charge on any atom is -0.367 e. The van der Waals surface area contributed by atoms with Gasteiger partial charge in [-0.2, -0.15) is 0 Å². The third-order valence-electron chi connectivity index (χ3n) is 5.82. The molecule has 4 nitrogen and oxygen atoms in total. The number of halogens is 1. The van der Waals surface area contributed by atoms with Crippen LogP contribution in [-0.4, -0.2) is 22.8 Å². The minimum absolute atomic E-state index is 0.116. The summed E-state index contributed by atoms with van der Waals surface area (Å²) >= 11 is 1.12. The van der Waals surface area contributed by atoms with Crippen molar-refractivity contribution in [3.8, 4) is 0 Å². The van der Waals surface area contributed by atoms with E-state index in [0.717, 1.165) is 35.6 Å². The van der Waals surface area contributed by atoms with Crippen LogP contribution in [0.15, 0.2) is 29.2 Å². The third kappa shape index (κ3) is 4.59. The molecule has 1 amide bonds. The van der Waals surface area contributed by atoms with Gasteiger partial charge < -0.3 is 10.4 Å². The lowest BCUT2D eigenvalue weighted by molar-refractivity contribution is -0.141. The van der Waals surface area contributed by atoms with E-state index in [1.807, 2.05) is 0 Å². The van der Waals surface area contributed by atoms with Crippen molar-refractivity contribution in [3.63, 3.8) is 0 Å². The number of aliphatic hydroxyl groups is 1. The molecule has 2 aliphatic rings. The van der Waals surface area contributed by atoms with Gasteiger partial charge in [-0.25, -0.2) is 9.11 Å². The Hall–Kier alpha value is -1.11. The number of benzene rings is 1. The van der Waals surface area contributed by atoms with Gasteiger partial charge in [-0.3, -0.25) is 4.79 Å². The summed E-state index contributed by atoms with van der Waals surface area (Å²) in [6.45, 7) is 5.96. The Bertz CT molecular complexity index is 633. The molecular weight excluding hydrogens is 351 g/mol. The normalized spacial score (nSPS) is 33.3. The fraction of sp³-hybridized carbons (Fsp3) is 0.650. The van der Waals surface area contributed by atoms with E-state index < -0.39 is 11.6 Å². The first kappa shape index (κ1) is 19.6. The van der Waals surface area contributed by atoms with Crippen molar-refractivity contribution in [1.82, 2.24) is 10.0 Å². The highest BCUT2D eigenvalue weighted by atomic mass is 32.2. The molecule has 2 aliphatic carbocycles. The molecule has 2 saturated carbocycles. The van der Waals surface area contributed by atoms with E-state index in [-0.39, 0.29) is 11.9 Å². The summed E-state index contributed by atoms with van der Waals surface area (Å²) in [5.41, 5.74) is -1.70. The third-order valence-corrected chi connectivity index (χ3v) is 6.83. The second-order valence-electron chi connectivity index (χ2n) is 8.38. The molecule has 1 aromatic carbocycles. The molecule has 0 aromatic heterocycles. The van der Waals surface area contributed by atoms with Crippen LogP contribution in [0, 0.1) is 29.5 Å². The Kier molecular flexibility index (Phi) is 5.94. The van der Waals surface area contributed by atoms with Crippen LogP contribution < -0.4 is 10.0 Å². The van der Waals surface area contributed by atoms with Crippen LogP contribution in [-0.2, 0) is 4.79 Å². The van der Waals surface area contributed by atoms with Crippen molar-refractivity contribution in [1.29, 1.82) is 0 Å². The first-order valence-corrected chi connectivity index (χ1v) is 10.3. The van der Waals surface area contributed by atoms with E-state index in [9.17, 15) is 14.3 Å². The molecule has 26 heavy (non-hydrogen) atoms. The van der Waals surface area contributed by atoms with Gasteiger partial charge in [-0.15, -0.1) is 0 Å². The molecule has 2 fully saturated rings. The molecule has 6 heteroatoms. The molecule has 6 atom stereocenters. The van der Waals surface area contributed by atoms with Gasteiger partial charge >= 0.3 is 0 Å². The van der Waals surface area contributed by atoms with Crippen LogP contribution in [0.1, 0.15) is 46.5 Å². The van der Waals surface area contributed by atoms with Gasteiger partial charge in [0.1, 0.15) is 5.82 Å². The monoisotopic (exact) mass is 380 g/mol. The van der Waals surface area contributed by atoms with Gasteiger partial charge in [0.2, 0.25) is 5.72 Å². The number of rotatable bonds is 5. The van der Waals surface area contributed by atoms with Crippen LogP contribution in [0.5, 0.6) is 0 Å². The Morgan fingerprint density at radius 3 is 2.58 bits per heavy atom. The number of fused-ring (bicyclic) bond motifs is 2. The second kappa shape index (κ2) is 7.87. The molecule has 0 spiro atoms. The van der Waals surface area contributed by atoms with Gasteiger partial charge in [0.05, 0.1) is 0 Å². The van der Waals surface area contributed by atoms with Gasteiger partial charge in [-0.1, -0.05) is 13.8 Å². The number of carbonyl (C=O) groups excluding carboxylic acids is 1. The Morgan fingerprint density at radius 2 is 1.88 bits per heavy atom. The van der Waals surface area contributed by atoms with E-state index in [0.29, 0.717) is 17.8 Å². The van der Waals surface area contributed by atoms with E-state index in [2.05, 4.69) is 23.9 Å². The van der Waals surface area contributed by atoms with Crippen molar-refractivity contribution in [2.24, 2.45) is 23.7 Å². The molecule has 2 bridgehead atoms. The summed E-state index contributed by atoms with van der Waals surface area (Å²) in [6, 6.07) is 6.03. The highest BCUT2D eigenvalue weighted by molar-refractivity contribution is 7.97. The molecule has 6 unspecified atom stereocenters. The van der Waals surface area contributed by atoms with Crippen molar-refractivity contribution < 1.29 is 14.3 Å². The second-order valence-corrected chi connectivity index (χ2v) is 9.26. The summed E-state index contributed by atoms with van der Waals surface area (Å²) in [7, 11) is 0. The molecule has 0 radical (unpaired) electrons. The van der Waals surface area contributed by atoms with Crippen molar-refractivity contribution in [2.75, 3.05) is 0 Å². The lowest BCUT2D eigenvalue weighted by Gasteiger charge is -2.47. The number of carbonyl (C=O) groups is 1. The average Bonchev–Trinajstić information content (AvgIpc) is 2.57. The Labute approximate surface area is 159 Å². The molecule has 1 aromatic rings. The van der Waals surface area contributed by atoms with Crippen molar-refractivity contribution in [2.45, 2.75) is 63.1 Å². The summed E-state index contributed by atoms with van der Waals surface area (Å²) in [6.07, 6.45) is 4.77. The Morgan fingerprint density at radius 1 is 1.19 bits per heavy atom. The number of nitrogens with one attached hydrogen (secondary N) is 2. The van der Waals surface area contributed by atoms with Gasteiger partial charge in [0, 0.05) is 10.9 Å². The molecule has 0 saturated heterocycles. The van der Waals surface area contributed by atoms with Gasteiger partial charge in [0.25, 0.3) is 5.91 Å². The van der Waals surface area contributed by atoms with Gasteiger partial charge in [-0.05, 0) is 92.5 Å². The topological polar surface area (TPSA) is 61.4 Å². The summed E-state index contributed by atoms with van der Waals surface area (Å²) in [5.74, 6) is 1.69. The maximum Gasteiger partial charge on any atom is 0.268 e. The number of amides is 1. The number of hydrogen-bond donors (Lipinski definition) is 3. The first-order chi connectivity index (χ1) is 12.2. The van der Waals surface area contributed by atoms with Crippen LogP contribution in [0.3, 0.4) is 0 Å². The van der Waals surface area contributed by atoms with E-state index in [1.165, 1.54) is 31.9 Å². The van der Waals surface area contributed by atoms with Crippen molar-refractivity contribution in [3.05, 3.63) is 30.1 Å². The lowest BCUT2D eigenvalue weighted by Crippen LogP contribution is -2.59. The quantitative estimate of drug-likeness (QED) is 0.538. The van der Waals surface area contributed by atoms with Gasteiger partial charge in [0.15, 0.2) is 0 Å². The predicted octanol–water partition coefficient (Wildman–Crippen LogP) is 3.71. The smallest absolute Gasteiger partial charge is 0.268 e. The maximum atomic E-state index is 13.0. The number of hydrogen-bond acceptors (Lipinski definition) is 4. The highest BCUT2D eigenvalue weighted by Gasteiger charge is 2.42. The van der Waals surface area contributed by atoms with Crippen LogP contribution in [0.25, 0.3) is 0 Å². The molecule has 144 valence electrons. The molecule has 3 rings (SSSR count). The van der Waals surface area contributed by atoms with E-state index in [4.69, 9.17) is 0 Å². The zero-order valence-electron chi connectivity index (χ0n) is 15.7. The maximum absolute atomic E-state index is 13.0. The van der Waals surface area contributed by atoms with E-state index in [1.54, 1.807) is 12.1 Å². The molecular formula is C20H29FN2O2S. The fourth-order valence-electron chi connectivity index (χ4n) is 4.68. The molecule has 0 aliphatic heterocycles. The predicted molar refractivity (Wildman–Crippen MR) is 102 cm³/mol. The zero-order chi connectivity index (χ0) is 18.9. The average molecular weight is 381 g/mol. The first-order valence-electron chi connectivity index (χ1n) is 9.47. The summed E-state index contributed by atoms with van der Waals surface area (Å²) < 4.78 is 15.8. The fourth-order valence-corrected chi connectivity index (χ4v) is 5.37. The Balaban J connectivity index is 1.59. The standard InChI is InChI=1S/C20H29FN2O2S/c1-12-8-14-10-13(2)18(15(9-12)11-14)22-19(24)20(3,25)23-26-17-6-4-16(21)5-7-17/h4-7,12-15,18,23,25H,8-11H2,1-3H3,(H,22,24). The minimum atomic E-state index is -1.70. The van der Waals surface area contributed by atoms with Crippen molar-refractivity contribution >= 4 is 17.9 Å². The van der Waals surface area contributed by atoms with Crippen LogP contribution in [0.4, 0.5) is 4.39 Å². The molecule has 0 heterocycles. The largest absolute Gasteiger partial charge is 0.367 e. The lowest BCUT2D eigenvalue weighted by atomic mass is 9.63. The van der Waals surface area contributed by atoms with E-state index >= 15 is 0 Å².